The molecule has 7 heteroatoms. The van der Waals surface area contributed by atoms with Gasteiger partial charge in [0.1, 0.15) is 11.5 Å². The minimum atomic E-state index is -0.352. The first-order chi connectivity index (χ1) is 14.2. The number of thioether (sulfide) groups is 1. The molecule has 5 aromatic rings. The molecule has 0 atom stereocenters. The van der Waals surface area contributed by atoms with Gasteiger partial charge in [0.15, 0.2) is 5.16 Å². The van der Waals surface area contributed by atoms with Crippen molar-refractivity contribution in [3.8, 4) is 5.69 Å². The molecule has 0 spiro atoms. The van der Waals surface area contributed by atoms with Crippen LogP contribution >= 0.6 is 11.8 Å². The minimum Gasteiger partial charge on any atom is -0.307 e. The van der Waals surface area contributed by atoms with Crippen LogP contribution in [0.15, 0.2) is 89.1 Å². The lowest BCUT2D eigenvalue weighted by Gasteiger charge is -2.12. The Hall–Kier alpha value is -3.45. The molecule has 0 aliphatic heterocycles. The van der Waals surface area contributed by atoms with Gasteiger partial charge in [-0.05, 0) is 48.5 Å². The van der Waals surface area contributed by atoms with Gasteiger partial charge < -0.3 is 4.40 Å². The number of para-hydroxylation sites is 1. The number of benzene rings is 2. The van der Waals surface area contributed by atoms with Crippen molar-refractivity contribution in [3.63, 3.8) is 0 Å². The summed E-state index contributed by atoms with van der Waals surface area (Å²) in [6.07, 6.45) is 3.91. The van der Waals surface area contributed by atoms with Crippen molar-refractivity contribution in [2.45, 2.75) is 10.9 Å². The van der Waals surface area contributed by atoms with Crippen LogP contribution in [0.25, 0.3) is 22.2 Å². The van der Waals surface area contributed by atoms with Crippen LogP contribution in [0.4, 0.5) is 4.39 Å². The zero-order valence-corrected chi connectivity index (χ0v) is 16.0. The lowest BCUT2D eigenvalue weighted by molar-refractivity contribution is 0.627. The fourth-order valence-electron chi connectivity index (χ4n) is 3.22. The van der Waals surface area contributed by atoms with E-state index < -0.39 is 0 Å². The second-order valence-electron chi connectivity index (χ2n) is 6.52. The average molecular weight is 402 g/mol. The number of pyridine rings is 1. The Kier molecular flexibility index (Phi) is 4.37. The van der Waals surface area contributed by atoms with Gasteiger partial charge >= 0.3 is 0 Å². The third-order valence-corrected chi connectivity index (χ3v) is 5.56. The van der Waals surface area contributed by atoms with E-state index in [1.54, 1.807) is 18.2 Å². The molecule has 0 saturated heterocycles. The lowest BCUT2D eigenvalue weighted by atomic mass is 10.2. The van der Waals surface area contributed by atoms with E-state index in [0.717, 1.165) is 11.3 Å². The Morgan fingerprint density at radius 2 is 1.72 bits per heavy atom. The van der Waals surface area contributed by atoms with Crippen molar-refractivity contribution < 1.29 is 4.39 Å². The number of halogens is 1. The zero-order valence-electron chi connectivity index (χ0n) is 15.2. The standard InChI is InChI=1S/C22H15FN4OS/c23-15-8-10-17(11-9-15)27-21(28)18-5-1-2-6-19(18)25-22(27)29-14-16-13-26-12-4-3-7-20(26)24-16/h1-13H,14H2. The van der Waals surface area contributed by atoms with E-state index >= 15 is 0 Å². The van der Waals surface area contributed by atoms with Crippen LogP contribution in [-0.4, -0.2) is 18.9 Å². The van der Waals surface area contributed by atoms with Crippen molar-refractivity contribution in [3.05, 3.63) is 101 Å². The highest BCUT2D eigenvalue weighted by molar-refractivity contribution is 7.98. The maximum absolute atomic E-state index is 13.4. The van der Waals surface area contributed by atoms with Gasteiger partial charge in [0.25, 0.3) is 5.56 Å². The molecular formula is C22H15FN4OS. The molecule has 29 heavy (non-hydrogen) atoms. The molecule has 0 fully saturated rings. The number of aromatic nitrogens is 4. The van der Waals surface area contributed by atoms with E-state index in [4.69, 9.17) is 4.98 Å². The van der Waals surface area contributed by atoms with E-state index in [9.17, 15) is 9.18 Å². The maximum Gasteiger partial charge on any atom is 0.266 e. The van der Waals surface area contributed by atoms with Crippen LogP contribution in [0, 0.1) is 5.82 Å². The smallest absolute Gasteiger partial charge is 0.266 e. The number of nitrogens with zero attached hydrogens (tertiary/aromatic N) is 4. The largest absolute Gasteiger partial charge is 0.307 e. The molecule has 0 radical (unpaired) electrons. The first-order valence-electron chi connectivity index (χ1n) is 9.02. The predicted molar refractivity (Wildman–Crippen MR) is 112 cm³/mol. The van der Waals surface area contributed by atoms with E-state index in [-0.39, 0.29) is 11.4 Å². The van der Waals surface area contributed by atoms with Gasteiger partial charge in [-0.1, -0.05) is 30.0 Å². The quantitative estimate of drug-likeness (QED) is 0.329. The molecule has 3 heterocycles. The molecule has 0 aliphatic carbocycles. The molecule has 5 nitrogen and oxygen atoms in total. The van der Waals surface area contributed by atoms with Crippen molar-refractivity contribution in [2.75, 3.05) is 0 Å². The highest BCUT2D eigenvalue weighted by Gasteiger charge is 2.14. The van der Waals surface area contributed by atoms with Gasteiger partial charge in [-0.25, -0.2) is 14.4 Å². The Labute approximate surface area is 169 Å². The van der Waals surface area contributed by atoms with E-state index in [0.29, 0.717) is 27.5 Å². The van der Waals surface area contributed by atoms with Crippen LogP contribution in [0.1, 0.15) is 5.69 Å². The van der Waals surface area contributed by atoms with Gasteiger partial charge in [-0.3, -0.25) is 9.36 Å². The van der Waals surface area contributed by atoms with E-state index in [1.807, 2.05) is 53.2 Å². The van der Waals surface area contributed by atoms with Crippen molar-refractivity contribution >= 4 is 28.3 Å². The third kappa shape index (κ3) is 3.30. The number of hydrogen-bond donors (Lipinski definition) is 0. The summed E-state index contributed by atoms with van der Waals surface area (Å²) in [5.74, 6) is 0.197. The lowest BCUT2D eigenvalue weighted by Crippen LogP contribution is -2.21. The molecule has 0 unspecified atom stereocenters. The molecule has 5 rings (SSSR count). The first kappa shape index (κ1) is 17.6. The summed E-state index contributed by atoms with van der Waals surface area (Å²) in [4.78, 5) is 22.5. The topological polar surface area (TPSA) is 52.2 Å². The van der Waals surface area contributed by atoms with Crippen molar-refractivity contribution in [1.29, 1.82) is 0 Å². The fraction of sp³-hybridized carbons (Fsp3) is 0.0455. The monoisotopic (exact) mass is 402 g/mol. The van der Waals surface area contributed by atoms with Crippen LogP contribution in [0.2, 0.25) is 0 Å². The van der Waals surface area contributed by atoms with Crippen molar-refractivity contribution in [2.24, 2.45) is 0 Å². The van der Waals surface area contributed by atoms with E-state index in [2.05, 4.69) is 4.98 Å². The fourth-order valence-corrected chi connectivity index (χ4v) is 4.12. The van der Waals surface area contributed by atoms with Gasteiger partial charge in [-0.2, -0.15) is 0 Å². The van der Waals surface area contributed by atoms with Gasteiger partial charge in [0, 0.05) is 18.1 Å². The van der Waals surface area contributed by atoms with Gasteiger partial charge in [0.2, 0.25) is 0 Å². The van der Waals surface area contributed by atoms with Crippen LogP contribution < -0.4 is 5.56 Å². The van der Waals surface area contributed by atoms with Crippen molar-refractivity contribution in [1.82, 2.24) is 18.9 Å². The second-order valence-corrected chi connectivity index (χ2v) is 7.46. The molecule has 0 amide bonds. The van der Waals surface area contributed by atoms with Crippen LogP contribution in [0.5, 0.6) is 0 Å². The summed E-state index contributed by atoms with van der Waals surface area (Å²) < 4.78 is 16.9. The number of rotatable bonds is 4. The summed E-state index contributed by atoms with van der Waals surface area (Å²) in [5, 5.41) is 1.06. The highest BCUT2D eigenvalue weighted by Crippen LogP contribution is 2.24. The maximum atomic E-state index is 13.4. The minimum absolute atomic E-state index is 0.181. The summed E-state index contributed by atoms with van der Waals surface area (Å²) >= 11 is 1.43. The molecule has 0 N–H and O–H groups in total. The average Bonchev–Trinajstić information content (AvgIpc) is 3.16. The number of imidazole rings is 1. The second kappa shape index (κ2) is 7.18. The van der Waals surface area contributed by atoms with Crippen LogP contribution in [0.3, 0.4) is 0 Å². The summed E-state index contributed by atoms with van der Waals surface area (Å²) in [6.45, 7) is 0. The molecular weight excluding hydrogens is 387 g/mol. The SMILES string of the molecule is O=c1c2ccccc2nc(SCc2cn3ccccc3n2)n1-c1ccc(F)cc1. The summed E-state index contributed by atoms with van der Waals surface area (Å²) in [6, 6.07) is 18.9. The first-order valence-corrected chi connectivity index (χ1v) is 10.0. The zero-order chi connectivity index (χ0) is 19.8. The third-order valence-electron chi connectivity index (χ3n) is 4.59. The number of hydrogen-bond acceptors (Lipinski definition) is 4. The normalized spacial score (nSPS) is 11.3. The highest BCUT2D eigenvalue weighted by atomic mass is 32.2. The molecule has 0 aliphatic rings. The Morgan fingerprint density at radius 1 is 0.931 bits per heavy atom. The summed E-state index contributed by atoms with van der Waals surface area (Å²) in [5.41, 5.74) is 2.78. The van der Waals surface area contributed by atoms with E-state index in [1.165, 1.54) is 28.5 Å². The molecule has 3 aromatic heterocycles. The molecule has 2 aromatic carbocycles. The number of fused-ring (bicyclic) bond motifs is 2. The molecule has 142 valence electrons. The molecule has 0 bridgehead atoms. The Morgan fingerprint density at radius 3 is 2.55 bits per heavy atom. The molecule has 0 saturated carbocycles. The van der Waals surface area contributed by atoms with Gasteiger partial charge in [0.05, 0.1) is 22.3 Å². The van der Waals surface area contributed by atoms with Gasteiger partial charge in [-0.15, -0.1) is 0 Å². The van der Waals surface area contributed by atoms with Crippen LogP contribution in [-0.2, 0) is 5.75 Å². The Balaban J connectivity index is 1.60. The Bertz CT molecular complexity index is 1360. The summed E-state index contributed by atoms with van der Waals surface area (Å²) in [7, 11) is 0. The predicted octanol–water partition coefficient (Wildman–Crippen LogP) is 4.46.